The highest BCUT2D eigenvalue weighted by atomic mass is 32.2. The van der Waals surface area contributed by atoms with E-state index in [0.717, 1.165) is 18.6 Å². The fraction of sp³-hybridized carbons (Fsp3) is 1.00. The molecule has 13 heavy (non-hydrogen) atoms. The molecule has 2 N–H and O–H groups in total. The molecular formula is C8H17NO2S2. The molecule has 1 aliphatic heterocycles. The maximum absolute atomic E-state index is 11.2. The fourth-order valence-corrected chi connectivity index (χ4v) is 5.33. The summed E-state index contributed by atoms with van der Waals surface area (Å²) in [5.74, 6) is 1.49. The number of sulfone groups is 1. The lowest BCUT2D eigenvalue weighted by Crippen LogP contribution is -2.30. The molecule has 0 aromatic heterocycles. The average Bonchev–Trinajstić information content (AvgIpc) is 2.25. The van der Waals surface area contributed by atoms with Crippen LogP contribution in [0.4, 0.5) is 0 Å². The molecule has 2 atom stereocenters. The molecule has 1 rings (SSSR count). The highest BCUT2D eigenvalue weighted by molar-refractivity contribution is 8.01. The molecule has 0 aromatic rings. The molecule has 0 amide bonds. The Bertz CT molecular complexity index is 251. The number of hydrogen-bond donors (Lipinski definition) is 1. The Morgan fingerprint density at radius 2 is 2.15 bits per heavy atom. The number of nitrogens with two attached hydrogens (primary N) is 1. The summed E-state index contributed by atoms with van der Waals surface area (Å²) >= 11 is 1.71. The molecule has 0 aromatic carbocycles. The first-order valence-corrected chi connectivity index (χ1v) is 7.50. The van der Waals surface area contributed by atoms with Gasteiger partial charge >= 0.3 is 0 Å². The zero-order valence-electron chi connectivity index (χ0n) is 7.90. The van der Waals surface area contributed by atoms with Crippen LogP contribution in [-0.4, -0.2) is 37.0 Å². The second-order valence-corrected chi connectivity index (χ2v) is 7.00. The minimum Gasteiger partial charge on any atom is -0.326 e. The number of thioether (sulfide) groups is 1. The van der Waals surface area contributed by atoms with E-state index in [1.54, 1.807) is 11.8 Å². The Hall–Kier alpha value is 0.260. The van der Waals surface area contributed by atoms with E-state index in [2.05, 4.69) is 6.92 Å². The highest BCUT2D eigenvalue weighted by Gasteiger charge is 2.35. The van der Waals surface area contributed by atoms with Gasteiger partial charge in [-0.3, -0.25) is 0 Å². The number of rotatable bonds is 4. The molecule has 1 aliphatic rings. The van der Waals surface area contributed by atoms with Crippen molar-refractivity contribution in [3.63, 3.8) is 0 Å². The third-order valence-electron chi connectivity index (χ3n) is 2.17. The molecule has 0 saturated carbocycles. The Labute approximate surface area is 84.4 Å². The standard InChI is InChI=1S/C8H17NO2S2/c1-2-3-4-12-8-6-13(10,11)5-7(8)9/h7-8H,2-6,9H2,1H3/t7-,8-/m0/s1. The van der Waals surface area contributed by atoms with Gasteiger partial charge in [0.2, 0.25) is 0 Å². The Kier molecular flexibility index (Phi) is 4.06. The lowest BCUT2D eigenvalue weighted by atomic mass is 10.3. The molecule has 1 heterocycles. The van der Waals surface area contributed by atoms with Gasteiger partial charge in [-0.1, -0.05) is 13.3 Å². The van der Waals surface area contributed by atoms with Crippen LogP contribution in [-0.2, 0) is 9.84 Å². The lowest BCUT2D eigenvalue weighted by molar-refractivity contribution is 0.601. The smallest absolute Gasteiger partial charge is 0.153 e. The molecule has 1 fully saturated rings. The van der Waals surface area contributed by atoms with Crippen molar-refractivity contribution in [3.8, 4) is 0 Å². The first kappa shape index (κ1) is 11.3. The van der Waals surface area contributed by atoms with Crippen LogP contribution in [0.1, 0.15) is 19.8 Å². The predicted molar refractivity (Wildman–Crippen MR) is 57.8 cm³/mol. The van der Waals surface area contributed by atoms with Crippen molar-refractivity contribution >= 4 is 21.6 Å². The van der Waals surface area contributed by atoms with Crippen molar-refractivity contribution in [1.29, 1.82) is 0 Å². The first-order valence-electron chi connectivity index (χ1n) is 4.63. The van der Waals surface area contributed by atoms with Crippen molar-refractivity contribution in [2.45, 2.75) is 31.1 Å². The molecule has 0 bridgehead atoms. The molecule has 5 heteroatoms. The predicted octanol–water partition coefficient (Wildman–Crippen LogP) is 0.644. The average molecular weight is 223 g/mol. The summed E-state index contributed by atoms with van der Waals surface area (Å²) in [6, 6.07) is -0.146. The monoisotopic (exact) mass is 223 g/mol. The van der Waals surface area contributed by atoms with E-state index in [1.165, 1.54) is 0 Å². The highest BCUT2D eigenvalue weighted by Crippen LogP contribution is 2.24. The van der Waals surface area contributed by atoms with E-state index >= 15 is 0 Å². The molecule has 0 unspecified atom stereocenters. The van der Waals surface area contributed by atoms with Crippen LogP contribution in [0.2, 0.25) is 0 Å². The minimum atomic E-state index is -2.83. The van der Waals surface area contributed by atoms with Gasteiger partial charge in [0.05, 0.1) is 11.5 Å². The Balaban J connectivity index is 2.36. The van der Waals surface area contributed by atoms with Gasteiger partial charge in [0.25, 0.3) is 0 Å². The lowest BCUT2D eigenvalue weighted by Gasteiger charge is -2.11. The SMILES string of the molecule is CCCCS[C@H]1CS(=O)(=O)C[C@@H]1N. The van der Waals surface area contributed by atoms with Crippen LogP contribution in [0.5, 0.6) is 0 Å². The van der Waals surface area contributed by atoms with E-state index in [4.69, 9.17) is 5.73 Å². The van der Waals surface area contributed by atoms with Crippen LogP contribution >= 0.6 is 11.8 Å². The van der Waals surface area contributed by atoms with Crippen molar-refractivity contribution in [1.82, 2.24) is 0 Å². The van der Waals surface area contributed by atoms with Gasteiger partial charge in [-0.2, -0.15) is 11.8 Å². The van der Waals surface area contributed by atoms with Crippen LogP contribution in [0.25, 0.3) is 0 Å². The summed E-state index contributed by atoms with van der Waals surface area (Å²) in [5, 5.41) is 0.136. The second kappa shape index (κ2) is 4.66. The largest absolute Gasteiger partial charge is 0.326 e. The fourth-order valence-electron chi connectivity index (χ4n) is 1.39. The molecule has 1 saturated heterocycles. The topological polar surface area (TPSA) is 60.2 Å². The molecule has 78 valence electrons. The van der Waals surface area contributed by atoms with Crippen molar-refractivity contribution in [2.75, 3.05) is 17.3 Å². The number of hydrogen-bond acceptors (Lipinski definition) is 4. The summed E-state index contributed by atoms with van der Waals surface area (Å²) in [6.45, 7) is 2.13. The first-order chi connectivity index (χ1) is 6.05. The Morgan fingerprint density at radius 3 is 2.62 bits per heavy atom. The van der Waals surface area contributed by atoms with Gasteiger partial charge in [0, 0.05) is 11.3 Å². The van der Waals surface area contributed by atoms with Crippen molar-refractivity contribution in [2.24, 2.45) is 5.73 Å². The van der Waals surface area contributed by atoms with E-state index < -0.39 is 9.84 Å². The summed E-state index contributed by atoms with van der Waals surface area (Å²) < 4.78 is 22.4. The molecule has 0 aliphatic carbocycles. The minimum absolute atomic E-state index is 0.136. The van der Waals surface area contributed by atoms with E-state index in [-0.39, 0.29) is 22.8 Å². The summed E-state index contributed by atoms with van der Waals surface area (Å²) in [7, 11) is -2.83. The van der Waals surface area contributed by atoms with E-state index in [9.17, 15) is 8.42 Å². The molecular weight excluding hydrogens is 206 g/mol. The van der Waals surface area contributed by atoms with Crippen LogP contribution in [0.15, 0.2) is 0 Å². The van der Waals surface area contributed by atoms with E-state index in [1.807, 2.05) is 0 Å². The van der Waals surface area contributed by atoms with Crippen LogP contribution in [0, 0.1) is 0 Å². The molecule has 0 spiro atoms. The zero-order valence-corrected chi connectivity index (χ0v) is 9.53. The quantitative estimate of drug-likeness (QED) is 0.711. The van der Waals surface area contributed by atoms with E-state index in [0.29, 0.717) is 0 Å². The van der Waals surface area contributed by atoms with Gasteiger partial charge < -0.3 is 5.73 Å². The normalized spacial score (nSPS) is 32.2. The third-order valence-corrected chi connectivity index (χ3v) is 5.61. The van der Waals surface area contributed by atoms with Crippen molar-refractivity contribution < 1.29 is 8.42 Å². The van der Waals surface area contributed by atoms with Crippen LogP contribution < -0.4 is 5.73 Å². The molecule has 0 radical (unpaired) electrons. The van der Waals surface area contributed by atoms with Gasteiger partial charge in [-0.05, 0) is 12.2 Å². The summed E-state index contributed by atoms with van der Waals surface area (Å²) in [4.78, 5) is 0. The molecule has 3 nitrogen and oxygen atoms in total. The zero-order chi connectivity index (χ0) is 9.90. The van der Waals surface area contributed by atoms with Crippen molar-refractivity contribution in [3.05, 3.63) is 0 Å². The third kappa shape index (κ3) is 3.48. The van der Waals surface area contributed by atoms with Gasteiger partial charge in [0.1, 0.15) is 0 Å². The number of unbranched alkanes of at least 4 members (excludes halogenated alkanes) is 1. The Morgan fingerprint density at radius 1 is 1.46 bits per heavy atom. The summed E-state index contributed by atoms with van der Waals surface area (Å²) in [6.07, 6.45) is 2.30. The maximum atomic E-state index is 11.2. The van der Waals surface area contributed by atoms with Gasteiger partial charge in [-0.25, -0.2) is 8.42 Å². The second-order valence-electron chi connectivity index (χ2n) is 3.50. The van der Waals surface area contributed by atoms with Gasteiger partial charge in [-0.15, -0.1) is 0 Å². The van der Waals surface area contributed by atoms with Gasteiger partial charge in [0.15, 0.2) is 9.84 Å². The maximum Gasteiger partial charge on any atom is 0.153 e. The summed E-state index contributed by atoms with van der Waals surface area (Å²) in [5.41, 5.74) is 5.74. The van der Waals surface area contributed by atoms with Crippen LogP contribution in [0.3, 0.4) is 0 Å².